The Morgan fingerprint density at radius 1 is 1.03 bits per heavy atom. The molecule has 32 heavy (non-hydrogen) atoms. The van der Waals surface area contributed by atoms with Crippen molar-refractivity contribution in [3.05, 3.63) is 60.5 Å². The largest absolute Gasteiger partial charge is 0.467 e. The average Bonchev–Trinajstić information content (AvgIpc) is 3.55. The maximum absolute atomic E-state index is 13.0. The highest BCUT2D eigenvalue weighted by Crippen LogP contribution is 2.18. The molecule has 3 aromatic heterocycles. The number of nitrogens with zero attached hydrogens (tertiary/aromatic N) is 6. The molecule has 2 amide bonds. The Bertz CT molecular complexity index is 957. The number of hydrogen-bond donors (Lipinski definition) is 0. The smallest absolute Gasteiger partial charge is 0.236 e. The molecule has 1 atom stereocenters. The van der Waals surface area contributed by atoms with E-state index in [1.165, 1.54) is 0 Å². The van der Waals surface area contributed by atoms with E-state index >= 15 is 0 Å². The van der Waals surface area contributed by atoms with Gasteiger partial charge in [-0.15, -0.1) is 0 Å². The minimum atomic E-state index is -0.0766. The van der Waals surface area contributed by atoms with Crippen LogP contribution < -0.4 is 0 Å². The summed E-state index contributed by atoms with van der Waals surface area (Å²) in [7, 11) is 3.48. The van der Waals surface area contributed by atoms with Crippen LogP contribution in [0.5, 0.6) is 0 Å². The molecule has 0 fully saturated rings. The number of aromatic nitrogens is 3. The van der Waals surface area contributed by atoms with E-state index in [0.717, 1.165) is 18.7 Å². The van der Waals surface area contributed by atoms with Crippen molar-refractivity contribution in [2.45, 2.75) is 38.5 Å². The van der Waals surface area contributed by atoms with E-state index in [4.69, 9.17) is 8.83 Å². The molecule has 0 N–H and O–H groups in total. The zero-order chi connectivity index (χ0) is 22.5. The SMILES string of the molecule is CN(Cc1ccco1)C(=O)CN(CC(=O)N(C)Cc1ccco1)[C@@H]1CCc2ncnn2C1. The molecule has 0 bridgehead atoms. The molecule has 4 heterocycles. The summed E-state index contributed by atoms with van der Waals surface area (Å²) in [6, 6.07) is 7.27. The molecular formula is C22H28N6O4. The van der Waals surface area contributed by atoms with Crippen LogP contribution in [0.25, 0.3) is 0 Å². The van der Waals surface area contributed by atoms with Crippen molar-refractivity contribution in [1.29, 1.82) is 0 Å². The predicted molar refractivity (Wildman–Crippen MR) is 114 cm³/mol. The van der Waals surface area contributed by atoms with Gasteiger partial charge in [0.25, 0.3) is 0 Å². The summed E-state index contributed by atoms with van der Waals surface area (Å²) in [6.45, 7) is 1.62. The zero-order valence-electron chi connectivity index (χ0n) is 18.4. The second-order valence-electron chi connectivity index (χ2n) is 8.11. The Morgan fingerprint density at radius 2 is 1.62 bits per heavy atom. The van der Waals surface area contributed by atoms with Gasteiger partial charge in [-0.3, -0.25) is 14.5 Å². The van der Waals surface area contributed by atoms with Crippen molar-refractivity contribution in [2.75, 3.05) is 27.2 Å². The summed E-state index contributed by atoms with van der Waals surface area (Å²) in [5, 5.41) is 4.28. The Kier molecular flexibility index (Phi) is 6.69. The third kappa shape index (κ3) is 5.25. The average molecular weight is 441 g/mol. The summed E-state index contributed by atoms with van der Waals surface area (Å²) < 4.78 is 12.6. The predicted octanol–water partition coefficient (Wildman–Crippen LogP) is 1.40. The number of carbonyl (C=O) groups is 2. The Balaban J connectivity index is 1.43. The van der Waals surface area contributed by atoms with Gasteiger partial charge in [0.15, 0.2) is 0 Å². The Labute approximate surface area is 186 Å². The molecule has 0 spiro atoms. The van der Waals surface area contributed by atoms with Gasteiger partial charge >= 0.3 is 0 Å². The van der Waals surface area contributed by atoms with Gasteiger partial charge in [0.1, 0.15) is 23.7 Å². The summed E-state index contributed by atoms with van der Waals surface area (Å²) in [5.41, 5.74) is 0. The van der Waals surface area contributed by atoms with Crippen molar-refractivity contribution in [2.24, 2.45) is 0 Å². The first-order chi connectivity index (χ1) is 15.5. The van der Waals surface area contributed by atoms with Crippen molar-refractivity contribution in [3.8, 4) is 0 Å². The molecule has 0 aromatic carbocycles. The van der Waals surface area contributed by atoms with Gasteiger partial charge in [0, 0.05) is 26.6 Å². The molecule has 170 valence electrons. The number of likely N-dealkylation sites (N-methyl/N-ethyl adjacent to an activating group) is 2. The number of hydrogen-bond acceptors (Lipinski definition) is 7. The van der Waals surface area contributed by atoms with Crippen molar-refractivity contribution in [3.63, 3.8) is 0 Å². The number of amides is 2. The third-order valence-corrected chi connectivity index (χ3v) is 5.77. The molecule has 10 nitrogen and oxygen atoms in total. The number of fused-ring (bicyclic) bond motifs is 1. The fraction of sp³-hybridized carbons (Fsp3) is 0.455. The lowest BCUT2D eigenvalue weighted by molar-refractivity contribution is -0.136. The van der Waals surface area contributed by atoms with Crippen molar-refractivity contribution in [1.82, 2.24) is 29.5 Å². The highest BCUT2D eigenvalue weighted by atomic mass is 16.3. The van der Waals surface area contributed by atoms with Gasteiger partial charge in [0.2, 0.25) is 11.8 Å². The molecule has 4 rings (SSSR count). The normalized spacial score (nSPS) is 15.5. The third-order valence-electron chi connectivity index (χ3n) is 5.77. The topological polar surface area (TPSA) is 101 Å². The monoisotopic (exact) mass is 440 g/mol. The standard InChI is InChI=1S/C22H28N6O4/c1-25(12-18-5-3-9-31-18)21(29)14-27(17-7-8-20-23-16-24-28(20)11-17)15-22(30)26(2)13-19-6-4-10-32-19/h3-6,9-10,16-17H,7-8,11-15H2,1-2H3/t17-/m1/s1. The minimum absolute atomic E-state index is 0.00567. The molecule has 0 unspecified atom stereocenters. The highest BCUT2D eigenvalue weighted by molar-refractivity contribution is 5.81. The van der Waals surface area contributed by atoms with E-state index in [1.54, 1.807) is 54.9 Å². The van der Waals surface area contributed by atoms with Crippen LogP contribution in [0.3, 0.4) is 0 Å². The molecule has 3 aromatic rings. The fourth-order valence-corrected chi connectivity index (χ4v) is 3.87. The molecule has 0 aliphatic carbocycles. The first-order valence-corrected chi connectivity index (χ1v) is 10.6. The molecule has 0 saturated heterocycles. The first-order valence-electron chi connectivity index (χ1n) is 10.6. The van der Waals surface area contributed by atoms with Gasteiger partial charge in [-0.25, -0.2) is 9.67 Å². The number of furan rings is 2. The second kappa shape index (κ2) is 9.82. The minimum Gasteiger partial charge on any atom is -0.467 e. The number of rotatable bonds is 9. The molecule has 1 aliphatic rings. The second-order valence-corrected chi connectivity index (χ2v) is 8.11. The maximum atomic E-state index is 13.0. The van der Waals surface area contributed by atoms with Crippen LogP contribution in [-0.4, -0.2) is 74.5 Å². The summed E-state index contributed by atoms with van der Waals surface area (Å²) >= 11 is 0. The molecular weight excluding hydrogens is 412 g/mol. The number of carbonyl (C=O) groups excluding carboxylic acids is 2. The Hall–Kier alpha value is -3.40. The molecule has 10 heteroatoms. The molecule has 1 aliphatic heterocycles. The lowest BCUT2D eigenvalue weighted by Gasteiger charge is -2.35. The van der Waals surface area contributed by atoms with Crippen LogP contribution in [0.4, 0.5) is 0 Å². The van der Waals surface area contributed by atoms with Crippen LogP contribution in [0.1, 0.15) is 23.8 Å². The van der Waals surface area contributed by atoms with E-state index in [1.807, 2.05) is 21.7 Å². The van der Waals surface area contributed by atoms with Crippen LogP contribution in [0, 0.1) is 0 Å². The van der Waals surface area contributed by atoms with Crippen molar-refractivity contribution >= 4 is 11.8 Å². The Morgan fingerprint density at radius 3 is 2.16 bits per heavy atom. The van der Waals surface area contributed by atoms with Crippen LogP contribution in [-0.2, 0) is 35.6 Å². The van der Waals surface area contributed by atoms with E-state index in [0.29, 0.717) is 31.2 Å². The zero-order valence-corrected chi connectivity index (χ0v) is 18.4. The summed E-state index contributed by atoms with van der Waals surface area (Å²) in [6.07, 6.45) is 6.29. The summed E-state index contributed by atoms with van der Waals surface area (Å²) in [4.78, 5) is 35.4. The number of aryl methyl sites for hydroxylation is 1. The van der Waals surface area contributed by atoms with Crippen LogP contribution in [0.15, 0.2) is 52.0 Å². The van der Waals surface area contributed by atoms with E-state index in [2.05, 4.69) is 10.1 Å². The highest BCUT2D eigenvalue weighted by Gasteiger charge is 2.30. The van der Waals surface area contributed by atoms with E-state index < -0.39 is 0 Å². The van der Waals surface area contributed by atoms with E-state index in [-0.39, 0.29) is 30.9 Å². The van der Waals surface area contributed by atoms with Gasteiger partial charge < -0.3 is 18.6 Å². The van der Waals surface area contributed by atoms with Gasteiger partial charge in [-0.1, -0.05) is 0 Å². The maximum Gasteiger partial charge on any atom is 0.236 e. The van der Waals surface area contributed by atoms with Crippen LogP contribution in [0.2, 0.25) is 0 Å². The van der Waals surface area contributed by atoms with Crippen molar-refractivity contribution < 1.29 is 18.4 Å². The molecule has 0 saturated carbocycles. The first kappa shape index (κ1) is 21.8. The van der Waals surface area contributed by atoms with Gasteiger partial charge in [-0.05, 0) is 30.7 Å². The summed E-state index contributed by atoms with van der Waals surface area (Å²) in [5.74, 6) is 2.21. The van der Waals surface area contributed by atoms with Crippen LogP contribution >= 0.6 is 0 Å². The fourth-order valence-electron chi connectivity index (χ4n) is 3.87. The lowest BCUT2D eigenvalue weighted by Crippen LogP contribution is -2.50. The lowest BCUT2D eigenvalue weighted by atomic mass is 10.1. The van der Waals surface area contributed by atoms with Gasteiger partial charge in [-0.2, -0.15) is 5.10 Å². The quantitative estimate of drug-likeness (QED) is 0.496. The van der Waals surface area contributed by atoms with Gasteiger partial charge in [0.05, 0.1) is 45.3 Å². The van der Waals surface area contributed by atoms with E-state index in [9.17, 15) is 9.59 Å². The molecule has 0 radical (unpaired) electrons.